The monoisotopic (exact) mass is 504 g/mol. The summed E-state index contributed by atoms with van der Waals surface area (Å²) in [6, 6.07) is 28.5. The summed E-state index contributed by atoms with van der Waals surface area (Å²) in [5.74, 6) is -0.403. The van der Waals surface area contributed by atoms with Gasteiger partial charge in [-0.25, -0.2) is 4.79 Å². The van der Waals surface area contributed by atoms with Gasteiger partial charge in [0.25, 0.3) is 0 Å². The highest BCUT2D eigenvalue weighted by Gasteiger charge is 2.28. The minimum atomic E-state index is -0.984. The molecule has 0 spiro atoms. The minimum Gasteiger partial charge on any atom is -0.488 e. The summed E-state index contributed by atoms with van der Waals surface area (Å²) >= 11 is 0. The predicted octanol–water partition coefficient (Wildman–Crippen LogP) is 8.13. The van der Waals surface area contributed by atoms with Gasteiger partial charge >= 0.3 is 5.97 Å². The van der Waals surface area contributed by atoms with Gasteiger partial charge in [0.05, 0.1) is 5.56 Å². The van der Waals surface area contributed by atoms with Gasteiger partial charge in [-0.3, -0.25) is 4.79 Å². The minimum absolute atomic E-state index is 0.146. The van der Waals surface area contributed by atoms with Crippen LogP contribution in [0.25, 0.3) is 17.2 Å². The quantitative estimate of drug-likeness (QED) is 0.194. The van der Waals surface area contributed by atoms with Crippen LogP contribution in [0, 0.1) is 6.92 Å². The summed E-state index contributed by atoms with van der Waals surface area (Å²) in [4.78, 5) is 24.7. The molecule has 0 atom stereocenters. The molecular weight excluding hydrogens is 472 g/mol. The van der Waals surface area contributed by atoms with E-state index in [4.69, 9.17) is 9.84 Å². The molecule has 0 bridgehead atoms. The van der Waals surface area contributed by atoms with Crippen LogP contribution in [0.3, 0.4) is 0 Å². The van der Waals surface area contributed by atoms with Gasteiger partial charge in [0, 0.05) is 16.7 Å². The zero-order valence-electron chi connectivity index (χ0n) is 22.2. The lowest BCUT2D eigenvalue weighted by atomic mass is 9.78. The number of carbonyl (C=O) groups is 2. The largest absolute Gasteiger partial charge is 0.488 e. The molecule has 0 heterocycles. The van der Waals surface area contributed by atoms with Gasteiger partial charge in [0.2, 0.25) is 0 Å². The van der Waals surface area contributed by atoms with Crippen molar-refractivity contribution in [2.75, 3.05) is 0 Å². The first kappa shape index (κ1) is 26.6. The van der Waals surface area contributed by atoms with Crippen molar-refractivity contribution in [1.82, 2.24) is 0 Å². The second-order valence-electron chi connectivity index (χ2n) is 10.3. The van der Waals surface area contributed by atoms with Crippen LogP contribution in [0.2, 0.25) is 0 Å². The Balaban J connectivity index is 1.81. The van der Waals surface area contributed by atoms with E-state index in [0.717, 1.165) is 39.1 Å². The summed E-state index contributed by atoms with van der Waals surface area (Å²) in [6.45, 7) is 8.80. The van der Waals surface area contributed by atoms with E-state index in [2.05, 4.69) is 32.9 Å². The van der Waals surface area contributed by atoms with E-state index < -0.39 is 5.97 Å². The lowest BCUT2D eigenvalue weighted by molar-refractivity contribution is 0.0696. The zero-order valence-corrected chi connectivity index (χ0v) is 22.2. The first-order valence-electron chi connectivity index (χ1n) is 12.6. The van der Waals surface area contributed by atoms with Crippen LogP contribution in [0.4, 0.5) is 0 Å². The maximum Gasteiger partial charge on any atom is 0.335 e. The number of aromatic carboxylic acids is 1. The average Bonchev–Trinajstić information content (AvgIpc) is 2.91. The summed E-state index contributed by atoms with van der Waals surface area (Å²) in [6.07, 6.45) is 3.24. The highest BCUT2D eigenvalue weighted by atomic mass is 16.5. The van der Waals surface area contributed by atoms with Gasteiger partial charge < -0.3 is 9.84 Å². The SMILES string of the molecule is Cc1c(C(=O)C=Cc2ccc(C(=O)O)cc2)cc(-c2ccccc2)c(C(C)(C)C)c1OCc1ccccc1. The van der Waals surface area contributed by atoms with Gasteiger partial charge in [0.15, 0.2) is 5.78 Å². The van der Waals surface area contributed by atoms with Crippen molar-refractivity contribution in [3.8, 4) is 16.9 Å². The predicted molar refractivity (Wildman–Crippen MR) is 153 cm³/mol. The Morgan fingerprint density at radius 1 is 0.868 bits per heavy atom. The van der Waals surface area contributed by atoms with Gasteiger partial charge in [0.1, 0.15) is 12.4 Å². The second kappa shape index (κ2) is 11.3. The maximum atomic E-state index is 13.5. The van der Waals surface area contributed by atoms with E-state index in [1.807, 2.05) is 61.5 Å². The van der Waals surface area contributed by atoms with E-state index in [0.29, 0.717) is 12.2 Å². The van der Waals surface area contributed by atoms with Gasteiger partial charge in [-0.2, -0.15) is 0 Å². The van der Waals surface area contributed by atoms with Gasteiger partial charge in [-0.15, -0.1) is 0 Å². The molecule has 0 aliphatic carbocycles. The molecule has 4 nitrogen and oxygen atoms in total. The maximum absolute atomic E-state index is 13.5. The fourth-order valence-electron chi connectivity index (χ4n) is 4.51. The molecule has 0 radical (unpaired) electrons. The molecule has 0 aliphatic rings. The van der Waals surface area contributed by atoms with Crippen LogP contribution in [-0.4, -0.2) is 16.9 Å². The molecule has 4 aromatic carbocycles. The van der Waals surface area contributed by atoms with Gasteiger partial charge in [-0.05, 0) is 58.9 Å². The standard InChI is InChI=1S/C34H32O4/c1-23-28(30(35)20-17-24-15-18-27(19-16-24)33(36)37)21-29(26-13-9-6-10-14-26)31(34(2,3)4)32(23)38-22-25-11-7-5-8-12-25/h5-21H,22H2,1-4H3,(H,36,37). The molecule has 0 aliphatic heterocycles. The summed E-state index contributed by atoms with van der Waals surface area (Å²) in [5.41, 5.74) is 6.16. The van der Waals surface area contributed by atoms with Crippen molar-refractivity contribution in [2.24, 2.45) is 0 Å². The molecule has 0 unspecified atom stereocenters. The van der Waals surface area contributed by atoms with Crippen LogP contribution < -0.4 is 4.74 Å². The number of allylic oxidation sites excluding steroid dienone is 1. The third-order valence-electron chi connectivity index (χ3n) is 6.44. The fourth-order valence-corrected chi connectivity index (χ4v) is 4.51. The number of carbonyl (C=O) groups excluding carboxylic acids is 1. The van der Waals surface area contributed by atoms with Crippen LogP contribution in [0.15, 0.2) is 97.1 Å². The highest BCUT2D eigenvalue weighted by Crippen LogP contribution is 2.43. The smallest absolute Gasteiger partial charge is 0.335 e. The van der Waals surface area contributed by atoms with Crippen molar-refractivity contribution in [3.05, 3.63) is 130 Å². The lowest BCUT2D eigenvalue weighted by Gasteiger charge is -2.29. The Labute approximate surface area is 224 Å². The Bertz CT molecular complexity index is 1460. The van der Waals surface area contributed by atoms with Gasteiger partial charge in [-0.1, -0.05) is 99.6 Å². The Hall–Kier alpha value is -4.44. The van der Waals surface area contributed by atoms with Crippen molar-refractivity contribution in [2.45, 2.75) is 39.7 Å². The van der Waals surface area contributed by atoms with E-state index in [9.17, 15) is 9.59 Å². The number of carboxylic acid groups (broad SMARTS) is 1. The molecule has 0 aromatic heterocycles. The summed E-state index contributed by atoms with van der Waals surface area (Å²) < 4.78 is 6.50. The van der Waals surface area contributed by atoms with Crippen molar-refractivity contribution >= 4 is 17.8 Å². The molecular formula is C34H32O4. The molecule has 1 N–H and O–H groups in total. The number of carboxylic acids is 1. The molecule has 4 heteroatoms. The average molecular weight is 505 g/mol. The molecule has 0 saturated heterocycles. The number of hydrogen-bond donors (Lipinski definition) is 1. The van der Waals surface area contributed by atoms with E-state index in [1.165, 1.54) is 18.2 Å². The third-order valence-corrected chi connectivity index (χ3v) is 6.44. The third kappa shape index (κ3) is 6.09. The first-order valence-corrected chi connectivity index (χ1v) is 12.6. The molecule has 4 aromatic rings. The number of ether oxygens (including phenoxy) is 1. The molecule has 0 saturated carbocycles. The van der Waals surface area contributed by atoms with E-state index in [-0.39, 0.29) is 16.8 Å². The zero-order chi connectivity index (χ0) is 27.3. The first-order chi connectivity index (χ1) is 18.1. The number of benzene rings is 4. The van der Waals surface area contributed by atoms with E-state index in [1.54, 1.807) is 18.2 Å². The Morgan fingerprint density at radius 3 is 2.05 bits per heavy atom. The molecule has 192 valence electrons. The summed E-state index contributed by atoms with van der Waals surface area (Å²) in [7, 11) is 0. The molecule has 0 amide bonds. The topological polar surface area (TPSA) is 63.6 Å². The normalized spacial score (nSPS) is 11.5. The fraction of sp³-hybridized carbons (Fsp3) is 0.176. The number of ketones is 1. The second-order valence-corrected chi connectivity index (χ2v) is 10.3. The Kier molecular flexibility index (Phi) is 7.92. The lowest BCUT2D eigenvalue weighted by Crippen LogP contribution is -2.18. The number of hydrogen-bond acceptors (Lipinski definition) is 3. The number of rotatable bonds is 8. The van der Waals surface area contributed by atoms with Crippen LogP contribution >= 0.6 is 0 Å². The van der Waals surface area contributed by atoms with Crippen molar-refractivity contribution in [1.29, 1.82) is 0 Å². The molecule has 38 heavy (non-hydrogen) atoms. The van der Waals surface area contributed by atoms with Crippen LogP contribution in [-0.2, 0) is 12.0 Å². The highest BCUT2D eigenvalue weighted by molar-refractivity contribution is 6.09. The molecule has 0 fully saturated rings. The Morgan fingerprint density at radius 2 is 1.47 bits per heavy atom. The summed E-state index contributed by atoms with van der Waals surface area (Å²) in [5, 5.41) is 9.13. The molecule has 4 rings (SSSR count). The van der Waals surface area contributed by atoms with Crippen LogP contribution in [0.1, 0.15) is 63.7 Å². The van der Waals surface area contributed by atoms with E-state index >= 15 is 0 Å². The van der Waals surface area contributed by atoms with Crippen LogP contribution in [0.5, 0.6) is 5.75 Å². The van der Waals surface area contributed by atoms with Crippen molar-refractivity contribution < 1.29 is 19.4 Å². The van der Waals surface area contributed by atoms with Crippen molar-refractivity contribution in [3.63, 3.8) is 0 Å².